The van der Waals surface area contributed by atoms with E-state index in [0.29, 0.717) is 18.8 Å². The summed E-state index contributed by atoms with van der Waals surface area (Å²) >= 11 is 1.52. The highest BCUT2D eigenvalue weighted by atomic mass is 32.1. The third-order valence-electron chi connectivity index (χ3n) is 2.38. The van der Waals surface area contributed by atoms with Crippen LogP contribution >= 0.6 is 11.3 Å². The van der Waals surface area contributed by atoms with Crippen LogP contribution in [0.3, 0.4) is 0 Å². The lowest BCUT2D eigenvalue weighted by atomic mass is 10.2. The summed E-state index contributed by atoms with van der Waals surface area (Å²) in [5.41, 5.74) is 0.358. The van der Waals surface area contributed by atoms with Gasteiger partial charge in [-0.2, -0.15) is 10.4 Å². The molecule has 92 valence electrons. The van der Waals surface area contributed by atoms with Crippen molar-refractivity contribution in [2.75, 3.05) is 13.7 Å². The summed E-state index contributed by atoms with van der Waals surface area (Å²) in [5.74, 6) is 0. The maximum absolute atomic E-state index is 11.9. The SMILES string of the molecule is COCCn1nc(-c2cccs2)cc(C#N)c1=O. The molecule has 0 spiro atoms. The predicted octanol–water partition coefficient (Wildman–Crippen LogP) is 1.49. The molecule has 0 aliphatic rings. The molecule has 0 saturated heterocycles. The second-order valence-corrected chi connectivity index (χ2v) is 4.50. The molecular formula is C12H11N3O2S. The van der Waals surface area contributed by atoms with E-state index >= 15 is 0 Å². The minimum absolute atomic E-state index is 0.101. The van der Waals surface area contributed by atoms with Crippen molar-refractivity contribution in [3.63, 3.8) is 0 Å². The molecule has 2 heterocycles. The Morgan fingerprint density at radius 3 is 3.06 bits per heavy atom. The number of methoxy groups -OCH3 is 1. The Balaban J connectivity index is 2.50. The fourth-order valence-corrected chi connectivity index (χ4v) is 2.18. The van der Waals surface area contributed by atoms with Crippen LogP contribution in [-0.2, 0) is 11.3 Å². The van der Waals surface area contributed by atoms with E-state index < -0.39 is 0 Å². The number of nitrogens with zero attached hydrogens (tertiary/aromatic N) is 3. The summed E-state index contributed by atoms with van der Waals surface area (Å²) in [7, 11) is 1.55. The Bertz CT molecular complexity index is 626. The van der Waals surface area contributed by atoms with Gasteiger partial charge < -0.3 is 4.74 Å². The molecule has 5 nitrogen and oxygen atoms in total. The average molecular weight is 261 g/mol. The van der Waals surface area contributed by atoms with Crippen LogP contribution in [0.5, 0.6) is 0 Å². The normalized spacial score (nSPS) is 10.2. The zero-order valence-corrected chi connectivity index (χ0v) is 10.6. The van der Waals surface area contributed by atoms with Gasteiger partial charge in [-0.15, -0.1) is 11.3 Å². The van der Waals surface area contributed by atoms with Crippen LogP contribution < -0.4 is 5.56 Å². The maximum Gasteiger partial charge on any atom is 0.284 e. The van der Waals surface area contributed by atoms with Crippen LogP contribution in [0, 0.1) is 11.3 Å². The lowest BCUT2D eigenvalue weighted by molar-refractivity contribution is 0.182. The zero-order chi connectivity index (χ0) is 13.0. The quantitative estimate of drug-likeness (QED) is 0.836. The Hall–Kier alpha value is -1.97. The largest absolute Gasteiger partial charge is 0.383 e. The molecule has 0 saturated carbocycles. The fraction of sp³-hybridized carbons (Fsp3) is 0.250. The van der Waals surface area contributed by atoms with E-state index in [2.05, 4.69) is 5.10 Å². The first kappa shape index (κ1) is 12.5. The standard InChI is InChI=1S/C12H11N3O2S/c1-17-5-4-15-12(16)9(8-13)7-10(14-15)11-3-2-6-18-11/h2-3,6-7H,4-5H2,1H3. The molecular weight excluding hydrogens is 250 g/mol. The predicted molar refractivity (Wildman–Crippen MR) is 68.4 cm³/mol. The molecule has 6 heteroatoms. The smallest absolute Gasteiger partial charge is 0.284 e. The van der Waals surface area contributed by atoms with Crippen molar-refractivity contribution in [2.24, 2.45) is 0 Å². The molecule has 0 aliphatic heterocycles. The molecule has 2 aromatic rings. The van der Waals surface area contributed by atoms with E-state index in [9.17, 15) is 4.79 Å². The Labute approximate surface area is 108 Å². The molecule has 0 N–H and O–H groups in total. The third-order valence-corrected chi connectivity index (χ3v) is 3.27. The third kappa shape index (κ3) is 2.47. The number of rotatable bonds is 4. The van der Waals surface area contributed by atoms with Crippen molar-refractivity contribution in [2.45, 2.75) is 6.54 Å². The number of hydrogen-bond donors (Lipinski definition) is 0. The fourth-order valence-electron chi connectivity index (χ4n) is 1.50. The second-order valence-electron chi connectivity index (χ2n) is 3.55. The van der Waals surface area contributed by atoms with Crippen LogP contribution in [0.2, 0.25) is 0 Å². The molecule has 0 aromatic carbocycles. The Morgan fingerprint density at radius 1 is 1.61 bits per heavy atom. The lowest BCUT2D eigenvalue weighted by Gasteiger charge is -2.06. The lowest BCUT2D eigenvalue weighted by Crippen LogP contribution is -2.27. The van der Waals surface area contributed by atoms with Gasteiger partial charge >= 0.3 is 0 Å². The number of ether oxygens (including phenoxy) is 1. The van der Waals surface area contributed by atoms with Gasteiger partial charge in [-0.05, 0) is 17.5 Å². The van der Waals surface area contributed by atoms with Crippen LogP contribution in [0.4, 0.5) is 0 Å². The van der Waals surface area contributed by atoms with Gasteiger partial charge in [-0.3, -0.25) is 4.79 Å². The van der Waals surface area contributed by atoms with Gasteiger partial charge in [0.25, 0.3) is 5.56 Å². The van der Waals surface area contributed by atoms with Crippen molar-refractivity contribution in [3.05, 3.63) is 39.5 Å². The van der Waals surface area contributed by atoms with E-state index in [1.165, 1.54) is 22.1 Å². The van der Waals surface area contributed by atoms with Crippen molar-refractivity contribution in [1.82, 2.24) is 9.78 Å². The molecule has 0 amide bonds. The number of thiophene rings is 1. The van der Waals surface area contributed by atoms with Crippen LogP contribution in [0.15, 0.2) is 28.4 Å². The number of hydrogen-bond acceptors (Lipinski definition) is 5. The first-order valence-corrected chi connectivity index (χ1v) is 6.19. The summed E-state index contributed by atoms with van der Waals surface area (Å²) in [6, 6.07) is 7.23. The van der Waals surface area contributed by atoms with Gasteiger partial charge in [0.05, 0.1) is 18.0 Å². The van der Waals surface area contributed by atoms with E-state index in [1.54, 1.807) is 7.11 Å². The minimum Gasteiger partial charge on any atom is -0.383 e. The van der Waals surface area contributed by atoms with Crippen molar-refractivity contribution in [1.29, 1.82) is 5.26 Å². The van der Waals surface area contributed by atoms with Crippen molar-refractivity contribution < 1.29 is 4.74 Å². The van der Waals surface area contributed by atoms with Gasteiger partial charge in [0.15, 0.2) is 0 Å². The van der Waals surface area contributed by atoms with E-state index in [0.717, 1.165) is 4.88 Å². The van der Waals surface area contributed by atoms with E-state index in [4.69, 9.17) is 10.00 Å². The van der Waals surface area contributed by atoms with Crippen molar-refractivity contribution in [3.8, 4) is 16.6 Å². The molecule has 0 fully saturated rings. The summed E-state index contributed by atoms with van der Waals surface area (Å²) in [6.07, 6.45) is 0. The van der Waals surface area contributed by atoms with Crippen LogP contribution in [-0.4, -0.2) is 23.5 Å². The van der Waals surface area contributed by atoms with Gasteiger partial charge in [0.2, 0.25) is 0 Å². The zero-order valence-electron chi connectivity index (χ0n) is 9.79. The molecule has 0 radical (unpaired) electrons. The van der Waals surface area contributed by atoms with Gasteiger partial charge in [-0.1, -0.05) is 6.07 Å². The highest BCUT2D eigenvalue weighted by Gasteiger charge is 2.10. The van der Waals surface area contributed by atoms with E-state index in [1.807, 2.05) is 23.6 Å². The van der Waals surface area contributed by atoms with Crippen molar-refractivity contribution >= 4 is 11.3 Å². The Morgan fingerprint density at radius 2 is 2.44 bits per heavy atom. The van der Waals surface area contributed by atoms with Crippen LogP contribution in [0.1, 0.15) is 5.56 Å². The first-order chi connectivity index (χ1) is 8.76. The summed E-state index contributed by atoms with van der Waals surface area (Å²) in [5, 5.41) is 15.1. The summed E-state index contributed by atoms with van der Waals surface area (Å²) < 4.78 is 6.20. The van der Waals surface area contributed by atoms with Gasteiger partial charge in [0, 0.05) is 7.11 Å². The number of nitriles is 1. The second kappa shape index (κ2) is 5.58. The maximum atomic E-state index is 11.9. The first-order valence-electron chi connectivity index (χ1n) is 5.31. The van der Waals surface area contributed by atoms with E-state index in [-0.39, 0.29) is 11.1 Å². The molecule has 18 heavy (non-hydrogen) atoms. The monoisotopic (exact) mass is 261 g/mol. The molecule has 0 unspecified atom stereocenters. The molecule has 0 bridgehead atoms. The molecule has 2 rings (SSSR count). The molecule has 0 aliphatic carbocycles. The van der Waals surface area contributed by atoms with Gasteiger partial charge in [-0.25, -0.2) is 4.68 Å². The Kier molecular flexibility index (Phi) is 3.87. The topological polar surface area (TPSA) is 67.9 Å². The van der Waals surface area contributed by atoms with Gasteiger partial charge in [0.1, 0.15) is 17.3 Å². The average Bonchev–Trinajstić information content (AvgIpc) is 2.91. The summed E-state index contributed by atoms with van der Waals surface area (Å²) in [4.78, 5) is 12.8. The highest BCUT2D eigenvalue weighted by Crippen LogP contribution is 2.21. The molecule has 2 aromatic heterocycles. The summed E-state index contributed by atoms with van der Waals surface area (Å²) in [6.45, 7) is 0.717. The highest BCUT2D eigenvalue weighted by molar-refractivity contribution is 7.13. The van der Waals surface area contributed by atoms with Crippen LogP contribution in [0.25, 0.3) is 10.6 Å². The molecule has 0 atom stereocenters. The minimum atomic E-state index is -0.380. The number of aromatic nitrogens is 2.